The molecule has 0 aliphatic rings. The third kappa shape index (κ3) is 3.19. The van der Waals surface area contributed by atoms with Crippen molar-refractivity contribution in [3.63, 3.8) is 0 Å². The second-order valence-electron chi connectivity index (χ2n) is 3.20. The van der Waals surface area contributed by atoms with Crippen molar-refractivity contribution in [3.05, 3.63) is 39.1 Å². The zero-order valence-corrected chi connectivity index (χ0v) is 11.0. The number of pyridine rings is 1. The zero-order valence-electron chi connectivity index (χ0n) is 7.80. The molecule has 4 heteroatoms. The first-order valence-corrected chi connectivity index (χ1v) is 5.72. The van der Waals surface area contributed by atoms with Crippen molar-refractivity contribution in [2.75, 3.05) is 0 Å². The maximum Gasteiger partial charge on any atom is 0.101 e. The molecule has 0 radical (unpaired) electrons. The lowest BCUT2D eigenvalue weighted by atomic mass is 10.1. The van der Waals surface area contributed by atoms with Gasteiger partial charge in [-0.1, -0.05) is 5.57 Å². The maximum atomic E-state index is 9.79. The summed E-state index contributed by atoms with van der Waals surface area (Å²) in [7, 11) is 0. The summed E-state index contributed by atoms with van der Waals surface area (Å²) in [5, 5.41) is 9.79. The SMILES string of the molecule is C=C(C)CC(O)c1ncc(Br)cc1Br. The molecule has 1 N–H and O–H groups in total. The van der Waals surface area contributed by atoms with E-state index in [9.17, 15) is 5.11 Å². The number of halogens is 2. The molecule has 76 valence electrons. The lowest BCUT2D eigenvalue weighted by Crippen LogP contribution is -2.01. The summed E-state index contributed by atoms with van der Waals surface area (Å²) in [6, 6.07) is 1.87. The lowest BCUT2D eigenvalue weighted by Gasteiger charge is -2.11. The van der Waals surface area contributed by atoms with Gasteiger partial charge in [0, 0.05) is 15.1 Å². The van der Waals surface area contributed by atoms with Gasteiger partial charge in [0.25, 0.3) is 0 Å². The number of aliphatic hydroxyl groups excluding tert-OH is 1. The number of hydrogen-bond acceptors (Lipinski definition) is 2. The van der Waals surface area contributed by atoms with Gasteiger partial charge in [0.1, 0.15) is 6.10 Å². The summed E-state index contributed by atoms with van der Waals surface area (Å²) in [5.74, 6) is 0. The minimum atomic E-state index is -0.588. The molecule has 1 atom stereocenters. The van der Waals surface area contributed by atoms with Crippen LogP contribution in [-0.4, -0.2) is 10.1 Å². The van der Waals surface area contributed by atoms with E-state index in [1.165, 1.54) is 0 Å². The average Bonchev–Trinajstić information content (AvgIpc) is 2.01. The third-order valence-electron chi connectivity index (χ3n) is 1.69. The average molecular weight is 321 g/mol. The van der Waals surface area contributed by atoms with Gasteiger partial charge in [-0.3, -0.25) is 4.98 Å². The largest absolute Gasteiger partial charge is 0.386 e. The van der Waals surface area contributed by atoms with E-state index in [1.807, 2.05) is 13.0 Å². The van der Waals surface area contributed by atoms with Crippen LogP contribution in [-0.2, 0) is 0 Å². The van der Waals surface area contributed by atoms with Crippen LogP contribution in [0.5, 0.6) is 0 Å². The Morgan fingerprint density at radius 3 is 2.79 bits per heavy atom. The monoisotopic (exact) mass is 319 g/mol. The first-order valence-electron chi connectivity index (χ1n) is 4.14. The van der Waals surface area contributed by atoms with E-state index < -0.39 is 6.10 Å². The van der Waals surface area contributed by atoms with E-state index >= 15 is 0 Å². The number of aliphatic hydroxyl groups is 1. The number of hydrogen-bond donors (Lipinski definition) is 1. The molecule has 1 aromatic rings. The molecule has 1 rings (SSSR count). The van der Waals surface area contributed by atoms with Crippen LogP contribution in [0.3, 0.4) is 0 Å². The molecule has 1 heterocycles. The van der Waals surface area contributed by atoms with Gasteiger partial charge in [0.2, 0.25) is 0 Å². The lowest BCUT2D eigenvalue weighted by molar-refractivity contribution is 0.173. The number of aromatic nitrogens is 1. The smallest absolute Gasteiger partial charge is 0.101 e. The summed E-state index contributed by atoms with van der Waals surface area (Å²) >= 11 is 6.66. The molecule has 0 bridgehead atoms. The predicted octanol–water partition coefficient (Wildman–Crippen LogP) is 3.61. The van der Waals surface area contributed by atoms with E-state index in [-0.39, 0.29) is 0 Å². The Bertz CT molecular complexity index is 352. The van der Waals surface area contributed by atoms with Crippen LogP contribution < -0.4 is 0 Å². The van der Waals surface area contributed by atoms with Crippen LogP contribution in [0.4, 0.5) is 0 Å². The van der Waals surface area contributed by atoms with Crippen molar-refractivity contribution >= 4 is 31.9 Å². The molecule has 0 saturated carbocycles. The van der Waals surface area contributed by atoms with Crippen molar-refractivity contribution in [1.82, 2.24) is 4.98 Å². The summed E-state index contributed by atoms with van der Waals surface area (Å²) in [6.45, 7) is 5.64. The molecule has 0 fully saturated rings. The standard InChI is InChI=1S/C10H11Br2NO/c1-6(2)3-9(14)10-8(12)4-7(11)5-13-10/h4-5,9,14H,1,3H2,2H3. The van der Waals surface area contributed by atoms with Crippen molar-refractivity contribution in [2.45, 2.75) is 19.4 Å². The van der Waals surface area contributed by atoms with E-state index in [2.05, 4.69) is 43.4 Å². The van der Waals surface area contributed by atoms with Gasteiger partial charge in [-0.25, -0.2) is 0 Å². The molecule has 0 aromatic carbocycles. The number of rotatable bonds is 3. The summed E-state index contributed by atoms with van der Waals surface area (Å²) < 4.78 is 1.69. The van der Waals surface area contributed by atoms with Crippen molar-refractivity contribution in [1.29, 1.82) is 0 Å². The maximum absolute atomic E-state index is 9.79. The highest BCUT2D eigenvalue weighted by Crippen LogP contribution is 2.27. The van der Waals surface area contributed by atoms with Gasteiger partial charge in [-0.15, -0.1) is 6.58 Å². The van der Waals surface area contributed by atoms with Crippen molar-refractivity contribution in [3.8, 4) is 0 Å². The van der Waals surface area contributed by atoms with E-state index in [1.54, 1.807) is 6.20 Å². The number of nitrogens with zero attached hydrogens (tertiary/aromatic N) is 1. The van der Waals surface area contributed by atoms with Gasteiger partial charge in [0.15, 0.2) is 0 Å². The van der Waals surface area contributed by atoms with Gasteiger partial charge in [-0.2, -0.15) is 0 Å². The fraction of sp³-hybridized carbons (Fsp3) is 0.300. The normalized spacial score (nSPS) is 12.6. The van der Waals surface area contributed by atoms with Crippen LogP contribution in [0.25, 0.3) is 0 Å². The van der Waals surface area contributed by atoms with E-state index in [0.717, 1.165) is 14.5 Å². The predicted molar refractivity (Wildman–Crippen MR) is 64.0 cm³/mol. The van der Waals surface area contributed by atoms with Crippen molar-refractivity contribution < 1.29 is 5.11 Å². The Morgan fingerprint density at radius 2 is 2.29 bits per heavy atom. The van der Waals surface area contributed by atoms with Crippen LogP contribution >= 0.6 is 31.9 Å². The molecule has 0 spiro atoms. The molecule has 1 aromatic heterocycles. The minimum Gasteiger partial charge on any atom is -0.386 e. The molecule has 1 unspecified atom stereocenters. The van der Waals surface area contributed by atoms with Crippen LogP contribution in [0.15, 0.2) is 33.4 Å². The second-order valence-corrected chi connectivity index (χ2v) is 4.97. The topological polar surface area (TPSA) is 33.1 Å². The highest BCUT2D eigenvalue weighted by Gasteiger charge is 2.12. The van der Waals surface area contributed by atoms with Crippen molar-refractivity contribution in [2.24, 2.45) is 0 Å². The van der Waals surface area contributed by atoms with Crippen LogP contribution in [0, 0.1) is 0 Å². The fourth-order valence-corrected chi connectivity index (χ4v) is 2.35. The summed E-state index contributed by atoms with van der Waals surface area (Å²) in [4.78, 5) is 4.15. The second kappa shape index (κ2) is 5.05. The van der Waals surface area contributed by atoms with Crippen LogP contribution in [0.2, 0.25) is 0 Å². The highest BCUT2D eigenvalue weighted by atomic mass is 79.9. The van der Waals surface area contributed by atoms with E-state index in [4.69, 9.17) is 0 Å². The highest BCUT2D eigenvalue weighted by molar-refractivity contribution is 9.11. The quantitative estimate of drug-likeness (QED) is 0.863. The zero-order chi connectivity index (χ0) is 10.7. The fourth-order valence-electron chi connectivity index (χ4n) is 1.10. The molecule has 0 amide bonds. The molecule has 2 nitrogen and oxygen atoms in total. The first kappa shape index (κ1) is 11.9. The molecule has 14 heavy (non-hydrogen) atoms. The van der Waals surface area contributed by atoms with Gasteiger partial charge in [0.05, 0.1) is 5.69 Å². The van der Waals surface area contributed by atoms with E-state index in [0.29, 0.717) is 12.1 Å². The molecular weight excluding hydrogens is 310 g/mol. The Balaban J connectivity index is 2.90. The third-order valence-corrected chi connectivity index (χ3v) is 2.76. The molecule has 0 saturated heterocycles. The summed E-state index contributed by atoms with van der Waals surface area (Å²) in [5.41, 5.74) is 1.59. The Hall–Kier alpha value is -0.190. The van der Waals surface area contributed by atoms with Gasteiger partial charge in [-0.05, 0) is 51.3 Å². The molecule has 0 aliphatic carbocycles. The Morgan fingerprint density at radius 1 is 1.64 bits per heavy atom. The summed E-state index contributed by atoms with van der Waals surface area (Å²) in [6.07, 6.45) is 1.62. The van der Waals surface area contributed by atoms with Gasteiger partial charge < -0.3 is 5.11 Å². The first-order chi connectivity index (χ1) is 6.50. The molecule has 0 aliphatic heterocycles. The minimum absolute atomic E-state index is 0.535. The Kier molecular flexibility index (Phi) is 4.29. The van der Waals surface area contributed by atoms with Gasteiger partial charge >= 0.3 is 0 Å². The van der Waals surface area contributed by atoms with Crippen LogP contribution in [0.1, 0.15) is 25.1 Å². The molecular formula is C10H11Br2NO. The Labute approximate surface area is 100 Å².